The van der Waals surface area contributed by atoms with Crippen LogP contribution in [0.5, 0.6) is 5.75 Å². The third-order valence-corrected chi connectivity index (χ3v) is 4.94. The van der Waals surface area contributed by atoms with Gasteiger partial charge in [-0.15, -0.1) is 11.3 Å². The topological polar surface area (TPSA) is 44.8 Å². The van der Waals surface area contributed by atoms with Crippen molar-refractivity contribution in [2.75, 3.05) is 19.8 Å². The second-order valence-electron chi connectivity index (χ2n) is 5.68. The quantitative estimate of drug-likeness (QED) is 0.518. The molecule has 2 heterocycles. The van der Waals surface area contributed by atoms with Gasteiger partial charge in [0.05, 0.1) is 29.6 Å². The molecule has 5 heteroatoms. The van der Waals surface area contributed by atoms with E-state index in [4.69, 9.17) is 14.2 Å². The van der Waals surface area contributed by atoms with Crippen LogP contribution in [0.4, 0.5) is 0 Å². The van der Waals surface area contributed by atoms with Gasteiger partial charge in [-0.2, -0.15) is 0 Å². The minimum absolute atomic E-state index is 0.0155. The molecule has 0 atom stereocenters. The largest absolute Gasteiger partial charge is 0.494 e. The molecule has 4 nitrogen and oxygen atoms in total. The van der Waals surface area contributed by atoms with Gasteiger partial charge >= 0.3 is 0 Å². The average molecular weight is 346 g/mol. The van der Waals surface area contributed by atoms with Gasteiger partial charge in [-0.25, -0.2) is 0 Å². The molecule has 3 rings (SSSR count). The molecule has 0 bridgehead atoms. The van der Waals surface area contributed by atoms with E-state index in [2.05, 4.69) is 6.92 Å². The zero-order valence-electron chi connectivity index (χ0n) is 13.8. The average Bonchev–Trinajstić information content (AvgIpc) is 3.29. The summed E-state index contributed by atoms with van der Waals surface area (Å²) in [7, 11) is 0. The van der Waals surface area contributed by atoms with Gasteiger partial charge in [-0.1, -0.05) is 19.8 Å². The Bertz CT molecular complexity index is 656. The maximum atomic E-state index is 12.6. The molecule has 1 aromatic carbocycles. The number of ether oxygens (including phenoxy) is 3. The van der Waals surface area contributed by atoms with Gasteiger partial charge in [0, 0.05) is 5.56 Å². The lowest BCUT2D eigenvalue weighted by Crippen LogP contribution is -2.00. The van der Waals surface area contributed by atoms with Crippen LogP contribution in [-0.4, -0.2) is 25.6 Å². The molecule has 0 N–H and O–H groups in total. The van der Waals surface area contributed by atoms with Crippen molar-refractivity contribution < 1.29 is 19.0 Å². The van der Waals surface area contributed by atoms with Crippen LogP contribution < -0.4 is 4.74 Å². The first-order chi connectivity index (χ1) is 11.8. The Hall–Kier alpha value is -1.69. The molecule has 1 aromatic heterocycles. The predicted molar refractivity (Wildman–Crippen MR) is 93.9 cm³/mol. The summed E-state index contributed by atoms with van der Waals surface area (Å²) in [5, 5.41) is 0. The highest BCUT2D eigenvalue weighted by Gasteiger charge is 2.22. The number of rotatable bonds is 8. The van der Waals surface area contributed by atoms with E-state index in [0.717, 1.165) is 23.7 Å². The van der Waals surface area contributed by atoms with E-state index in [1.54, 1.807) is 0 Å². The van der Waals surface area contributed by atoms with Crippen molar-refractivity contribution in [1.29, 1.82) is 0 Å². The highest BCUT2D eigenvalue weighted by atomic mass is 32.1. The smallest absolute Gasteiger partial charge is 0.202 e. The number of ketones is 1. The lowest BCUT2D eigenvalue weighted by molar-refractivity contribution is -0.0413. The normalized spacial score (nSPS) is 14.9. The van der Waals surface area contributed by atoms with E-state index >= 15 is 0 Å². The SMILES string of the molecule is CCCCCOc1ccc(C(=O)c2ccc(C3OCCO3)s2)cc1. The molecule has 0 aliphatic carbocycles. The minimum Gasteiger partial charge on any atom is -0.494 e. The third kappa shape index (κ3) is 4.23. The first kappa shape index (κ1) is 17.1. The fourth-order valence-electron chi connectivity index (χ4n) is 2.51. The van der Waals surface area contributed by atoms with Crippen molar-refractivity contribution in [3.05, 3.63) is 51.7 Å². The lowest BCUT2D eigenvalue weighted by Gasteiger charge is -2.06. The summed E-state index contributed by atoms with van der Waals surface area (Å²) in [5.74, 6) is 0.823. The summed E-state index contributed by atoms with van der Waals surface area (Å²) in [4.78, 5) is 14.2. The first-order valence-electron chi connectivity index (χ1n) is 8.38. The van der Waals surface area contributed by atoms with Crippen LogP contribution in [0.15, 0.2) is 36.4 Å². The Balaban J connectivity index is 1.60. The molecule has 24 heavy (non-hydrogen) atoms. The van der Waals surface area contributed by atoms with Crippen LogP contribution in [0, 0.1) is 0 Å². The highest BCUT2D eigenvalue weighted by molar-refractivity contribution is 7.14. The zero-order valence-corrected chi connectivity index (χ0v) is 14.6. The van der Waals surface area contributed by atoms with Gasteiger partial charge in [0.15, 0.2) is 6.29 Å². The number of unbranched alkanes of at least 4 members (excludes halogenated alkanes) is 2. The molecule has 0 amide bonds. The fourth-order valence-corrected chi connectivity index (χ4v) is 3.48. The molecular formula is C19H22O4S. The molecular weight excluding hydrogens is 324 g/mol. The van der Waals surface area contributed by atoms with E-state index in [9.17, 15) is 4.79 Å². The van der Waals surface area contributed by atoms with Crippen molar-refractivity contribution in [1.82, 2.24) is 0 Å². The summed E-state index contributed by atoms with van der Waals surface area (Å²) in [6.45, 7) is 4.09. The molecule has 128 valence electrons. The summed E-state index contributed by atoms with van der Waals surface area (Å²) >= 11 is 1.43. The Morgan fingerprint density at radius 3 is 2.58 bits per heavy atom. The van der Waals surface area contributed by atoms with Crippen molar-refractivity contribution in [2.45, 2.75) is 32.5 Å². The second-order valence-corrected chi connectivity index (χ2v) is 6.80. The Morgan fingerprint density at radius 1 is 1.12 bits per heavy atom. The van der Waals surface area contributed by atoms with Crippen LogP contribution in [0.25, 0.3) is 0 Å². The maximum absolute atomic E-state index is 12.6. The first-order valence-corrected chi connectivity index (χ1v) is 9.20. The number of hydrogen-bond acceptors (Lipinski definition) is 5. The van der Waals surface area contributed by atoms with Gasteiger partial charge in [0.25, 0.3) is 0 Å². The summed E-state index contributed by atoms with van der Waals surface area (Å²) in [5.41, 5.74) is 0.664. The molecule has 0 spiro atoms. The van der Waals surface area contributed by atoms with Crippen LogP contribution in [0.3, 0.4) is 0 Å². The van der Waals surface area contributed by atoms with E-state index in [1.165, 1.54) is 24.2 Å². The van der Waals surface area contributed by atoms with Crippen LogP contribution >= 0.6 is 11.3 Å². The highest BCUT2D eigenvalue weighted by Crippen LogP contribution is 2.30. The Kier molecular flexibility index (Phi) is 6.01. The Morgan fingerprint density at radius 2 is 1.88 bits per heavy atom. The molecule has 1 fully saturated rings. The fraction of sp³-hybridized carbons (Fsp3) is 0.421. The molecule has 0 unspecified atom stereocenters. The zero-order chi connectivity index (χ0) is 16.8. The van der Waals surface area contributed by atoms with E-state index in [0.29, 0.717) is 23.7 Å². The molecule has 1 aliphatic heterocycles. The van der Waals surface area contributed by atoms with Gasteiger partial charge in [-0.05, 0) is 42.8 Å². The van der Waals surface area contributed by atoms with Gasteiger partial charge in [0.2, 0.25) is 5.78 Å². The predicted octanol–water partition coefficient (Wildman–Crippen LogP) is 4.59. The number of carbonyl (C=O) groups excluding carboxylic acids is 1. The van der Waals surface area contributed by atoms with Crippen molar-refractivity contribution in [3.8, 4) is 5.75 Å². The molecule has 0 radical (unpaired) electrons. The Labute approximate surface area is 146 Å². The standard InChI is InChI=1S/C19H22O4S/c1-2-3-4-11-21-15-7-5-14(6-8-15)18(20)16-9-10-17(24-16)19-22-12-13-23-19/h5-10,19H,2-4,11-13H2,1H3. The summed E-state index contributed by atoms with van der Waals surface area (Å²) in [6.07, 6.45) is 3.08. The summed E-state index contributed by atoms with van der Waals surface area (Å²) < 4.78 is 16.6. The van der Waals surface area contributed by atoms with Crippen molar-refractivity contribution in [2.24, 2.45) is 0 Å². The summed E-state index contributed by atoms with van der Waals surface area (Å²) in [6, 6.07) is 11.1. The van der Waals surface area contributed by atoms with E-state index in [-0.39, 0.29) is 12.1 Å². The number of thiophene rings is 1. The van der Waals surface area contributed by atoms with Gasteiger partial charge in [-0.3, -0.25) is 4.79 Å². The van der Waals surface area contributed by atoms with Crippen molar-refractivity contribution in [3.63, 3.8) is 0 Å². The van der Waals surface area contributed by atoms with Crippen LogP contribution in [0.2, 0.25) is 0 Å². The number of benzene rings is 1. The van der Waals surface area contributed by atoms with Crippen molar-refractivity contribution >= 4 is 17.1 Å². The van der Waals surface area contributed by atoms with Crippen LogP contribution in [0.1, 0.15) is 52.6 Å². The van der Waals surface area contributed by atoms with Crippen LogP contribution in [-0.2, 0) is 9.47 Å². The molecule has 0 saturated carbocycles. The minimum atomic E-state index is -0.324. The second kappa shape index (κ2) is 8.42. The van der Waals surface area contributed by atoms with Gasteiger partial charge in [0.1, 0.15) is 5.75 Å². The van der Waals surface area contributed by atoms with E-state index in [1.807, 2.05) is 36.4 Å². The van der Waals surface area contributed by atoms with Gasteiger partial charge < -0.3 is 14.2 Å². The monoisotopic (exact) mass is 346 g/mol. The number of hydrogen-bond donors (Lipinski definition) is 0. The molecule has 1 aliphatic rings. The lowest BCUT2D eigenvalue weighted by atomic mass is 10.1. The maximum Gasteiger partial charge on any atom is 0.202 e. The molecule has 2 aromatic rings. The number of carbonyl (C=O) groups is 1. The third-order valence-electron chi connectivity index (χ3n) is 3.84. The van der Waals surface area contributed by atoms with E-state index < -0.39 is 0 Å². The molecule has 1 saturated heterocycles.